The molecule has 1 aromatic carbocycles. The van der Waals surface area contributed by atoms with E-state index in [9.17, 15) is 42.3 Å². The molecular formula is C40H56F2N6O8. The molecule has 0 aromatic heterocycles. The number of Topliss-reactive ketones (excluding diaryl/α,β-unsaturated/α-hetero) is 1. The molecule has 7 atom stereocenters. The number of nitrogens with one attached hydrogen (secondary N) is 4. The zero-order valence-corrected chi connectivity index (χ0v) is 33.3. The summed E-state index contributed by atoms with van der Waals surface area (Å²) in [7, 11) is 3.04. The van der Waals surface area contributed by atoms with Crippen molar-refractivity contribution in [1.82, 2.24) is 31.1 Å². The maximum absolute atomic E-state index is 14.4. The van der Waals surface area contributed by atoms with Gasteiger partial charge in [0.05, 0.1) is 12.6 Å². The molecule has 4 fully saturated rings. The zero-order chi connectivity index (χ0) is 41.3. The number of alkyl carbamates (subject to hydrolysis) is 1. The van der Waals surface area contributed by atoms with Gasteiger partial charge in [-0.1, -0.05) is 63.4 Å². The molecule has 5 rings (SSSR count). The number of carbonyl (C=O) groups excluding carboxylic acids is 7. The minimum absolute atomic E-state index is 0.0708. The number of carbonyl (C=O) groups is 7. The average molecular weight is 787 g/mol. The zero-order valence-electron chi connectivity index (χ0n) is 33.3. The summed E-state index contributed by atoms with van der Waals surface area (Å²) in [6.45, 7) is 8.54. The number of likely N-dealkylation sites (tertiary alicyclic amines) is 1. The SMILES string of the molecule is CN(C)C(=O)C(NC(=O)CNC(=O)C(=O)C(CC1CC1(F)F)NC(=O)[C@@H]1[C@@H]2[C@H](CN1C(=O)[C@@H](NC(=O)OC(C)(C)C)C1CCCCC1)C2(C)C)c1ccccc1. The lowest BCUT2D eigenvalue weighted by Crippen LogP contribution is -2.60. The van der Waals surface area contributed by atoms with Crippen LogP contribution in [0.1, 0.15) is 91.2 Å². The number of fused-ring (bicyclic) bond motifs is 1. The van der Waals surface area contributed by atoms with Crippen molar-refractivity contribution < 1.29 is 47.1 Å². The van der Waals surface area contributed by atoms with Crippen LogP contribution in [-0.2, 0) is 33.5 Å². The van der Waals surface area contributed by atoms with E-state index in [0.717, 1.165) is 19.3 Å². The van der Waals surface area contributed by atoms with Gasteiger partial charge in [-0.2, -0.15) is 0 Å². The summed E-state index contributed by atoms with van der Waals surface area (Å²) in [4.78, 5) is 96.9. The first-order valence-corrected chi connectivity index (χ1v) is 19.5. The van der Waals surface area contributed by atoms with Crippen molar-refractivity contribution in [2.24, 2.45) is 29.1 Å². The lowest BCUT2D eigenvalue weighted by atomic mass is 9.83. The Hall–Kier alpha value is -4.63. The van der Waals surface area contributed by atoms with Crippen LogP contribution in [0, 0.1) is 29.1 Å². The number of halogens is 2. The summed E-state index contributed by atoms with van der Waals surface area (Å²) >= 11 is 0. The molecule has 1 heterocycles. The second kappa shape index (κ2) is 16.5. The molecule has 1 saturated heterocycles. The summed E-state index contributed by atoms with van der Waals surface area (Å²) in [6, 6.07) is 3.58. The number of hydrogen-bond donors (Lipinski definition) is 4. The fourth-order valence-corrected chi connectivity index (χ4v) is 8.38. The van der Waals surface area contributed by atoms with Crippen LogP contribution < -0.4 is 21.3 Å². The Kier molecular flexibility index (Phi) is 12.5. The molecule has 3 unspecified atom stereocenters. The van der Waals surface area contributed by atoms with Crippen LogP contribution in [0.3, 0.4) is 0 Å². The van der Waals surface area contributed by atoms with Crippen LogP contribution in [0.25, 0.3) is 0 Å². The lowest BCUT2D eigenvalue weighted by molar-refractivity contribution is -0.145. The van der Waals surface area contributed by atoms with Crippen molar-refractivity contribution in [3.8, 4) is 0 Å². The Morgan fingerprint density at radius 1 is 0.946 bits per heavy atom. The summed E-state index contributed by atoms with van der Waals surface area (Å²) in [6.07, 6.45) is 2.29. The first kappa shape index (κ1) is 42.5. The number of hydrogen-bond acceptors (Lipinski definition) is 8. The lowest BCUT2D eigenvalue weighted by Gasteiger charge is -2.37. The second-order valence-corrected chi connectivity index (χ2v) is 17.6. The van der Waals surface area contributed by atoms with Crippen molar-refractivity contribution in [3.63, 3.8) is 0 Å². The normalized spacial score (nSPS) is 25.0. The number of amides is 6. The van der Waals surface area contributed by atoms with E-state index >= 15 is 0 Å². The molecule has 14 nitrogen and oxygen atoms in total. The fourth-order valence-electron chi connectivity index (χ4n) is 8.38. The molecule has 6 amide bonds. The summed E-state index contributed by atoms with van der Waals surface area (Å²) in [5, 5.41) is 10.1. The van der Waals surface area contributed by atoms with Gasteiger partial charge in [-0.3, -0.25) is 28.8 Å². The number of nitrogens with zero attached hydrogens (tertiary/aromatic N) is 2. The van der Waals surface area contributed by atoms with Crippen LogP contribution in [0.2, 0.25) is 0 Å². The van der Waals surface area contributed by atoms with Gasteiger partial charge in [0.25, 0.3) is 11.8 Å². The van der Waals surface area contributed by atoms with Crippen LogP contribution in [-0.4, -0.2) is 108 Å². The van der Waals surface area contributed by atoms with E-state index in [1.165, 1.54) is 23.9 Å². The van der Waals surface area contributed by atoms with Gasteiger partial charge in [0.1, 0.15) is 23.7 Å². The van der Waals surface area contributed by atoms with Gasteiger partial charge >= 0.3 is 6.09 Å². The predicted octanol–water partition coefficient (Wildman–Crippen LogP) is 3.10. The van der Waals surface area contributed by atoms with E-state index in [0.29, 0.717) is 18.4 Å². The number of likely N-dealkylation sites (N-methyl/N-ethyl adjacent to an activating group) is 1. The molecule has 1 aromatic rings. The van der Waals surface area contributed by atoms with E-state index in [1.807, 2.05) is 13.8 Å². The molecule has 0 radical (unpaired) electrons. The monoisotopic (exact) mass is 786 g/mol. The first-order valence-electron chi connectivity index (χ1n) is 19.5. The number of alkyl halides is 2. The molecule has 16 heteroatoms. The Bertz CT molecular complexity index is 1690. The maximum atomic E-state index is 14.4. The minimum Gasteiger partial charge on any atom is -0.444 e. The summed E-state index contributed by atoms with van der Waals surface area (Å²) in [5.41, 5.74) is -0.685. The number of benzene rings is 1. The highest BCUT2D eigenvalue weighted by atomic mass is 19.3. The van der Waals surface area contributed by atoms with E-state index in [4.69, 9.17) is 4.74 Å². The Morgan fingerprint density at radius 2 is 1.57 bits per heavy atom. The Balaban J connectivity index is 1.31. The summed E-state index contributed by atoms with van der Waals surface area (Å²) in [5.74, 6) is -9.92. The largest absolute Gasteiger partial charge is 0.444 e. The van der Waals surface area contributed by atoms with Gasteiger partial charge in [0.15, 0.2) is 0 Å². The molecule has 56 heavy (non-hydrogen) atoms. The Labute approximate surface area is 326 Å². The quantitative estimate of drug-likeness (QED) is 0.208. The first-order chi connectivity index (χ1) is 26.1. The average Bonchev–Trinajstić information content (AvgIpc) is 3.80. The second-order valence-electron chi connectivity index (χ2n) is 17.6. The highest BCUT2D eigenvalue weighted by molar-refractivity contribution is 6.38. The van der Waals surface area contributed by atoms with E-state index in [2.05, 4.69) is 21.3 Å². The smallest absolute Gasteiger partial charge is 0.408 e. The van der Waals surface area contributed by atoms with Gasteiger partial charge in [-0.25, -0.2) is 13.6 Å². The molecule has 3 saturated carbocycles. The molecule has 3 aliphatic carbocycles. The molecule has 0 bridgehead atoms. The highest BCUT2D eigenvalue weighted by Gasteiger charge is 2.70. The van der Waals surface area contributed by atoms with Gasteiger partial charge in [-0.15, -0.1) is 0 Å². The van der Waals surface area contributed by atoms with Crippen molar-refractivity contribution in [3.05, 3.63) is 35.9 Å². The van der Waals surface area contributed by atoms with Crippen LogP contribution in [0.5, 0.6) is 0 Å². The van der Waals surface area contributed by atoms with Crippen molar-refractivity contribution in [2.75, 3.05) is 27.2 Å². The third kappa shape index (κ3) is 9.84. The minimum atomic E-state index is -3.08. The number of ether oxygens (including phenoxy) is 1. The van der Waals surface area contributed by atoms with E-state index in [-0.39, 0.29) is 29.7 Å². The third-order valence-corrected chi connectivity index (χ3v) is 11.7. The molecule has 4 N–H and O–H groups in total. The molecule has 308 valence electrons. The molecule has 4 aliphatic rings. The maximum Gasteiger partial charge on any atom is 0.408 e. The standard InChI is InChI=1S/C40H56F2N6O8/c1-38(2,3)56-37(55)46-30(23-16-12-9-13-17-23)36(54)48-21-25-28(39(25,4)5)31(48)33(51)44-26(18-24-19-40(24,41)42)32(50)34(52)43-20-27(49)45-29(35(53)47(6)7)22-14-10-8-11-15-22/h8,10-11,14-15,23-26,28-31H,9,12-13,16-21H2,1-7H3,(H,43,52)(H,44,51)(H,45,49)(H,46,55)/t24?,25-,26?,28-,29?,30-,31-/m0/s1. The van der Waals surface area contributed by atoms with Crippen molar-refractivity contribution >= 4 is 41.4 Å². The highest BCUT2D eigenvalue weighted by Crippen LogP contribution is 2.65. The molecular weight excluding hydrogens is 730 g/mol. The molecule has 1 aliphatic heterocycles. The van der Waals surface area contributed by atoms with Crippen molar-refractivity contribution in [1.29, 1.82) is 0 Å². The topological polar surface area (TPSA) is 183 Å². The number of ketones is 1. The summed E-state index contributed by atoms with van der Waals surface area (Å²) < 4.78 is 33.9. The van der Waals surface area contributed by atoms with Gasteiger partial charge in [0, 0.05) is 33.0 Å². The fraction of sp³-hybridized carbons (Fsp3) is 0.675. The van der Waals surface area contributed by atoms with Crippen LogP contribution in [0.15, 0.2) is 30.3 Å². The van der Waals surface area contributed by atoms with Crippen molar-refractivity contribution in [2.45, 2.75) is 115 Å². The predicted molar refractivity (Wildman–Crippen MR) is 200 cm³/mol. The van der Waals surface area contributed by atoms with Crippen LogP contribution in [0.4, 0.5) is 13.6 Å². The number of rotatable bonds is 14. The van der Waals surface area contributed by atoms with E-state index < -0.39 is 102 Å². The van der Waals surface area contributed by atoms with Gasteiger partial charge in [0.2, 0.25) is 29.4 Å². The Morgan fingerprint density at radius 3 is 2.14 bits per heavy atom. The number of piperidine rings is 1. The van der Waals surface area contributed by atoms with Gasteiger partial charge in [-0.05, 0) is 68.8 Å². The van der Waals surface area contributed by atoms with Gasteiger partial charge < -0.3 is 35.8 Å². The van der Waals surface area contributed by atoms with Crippen LogP contribution >= 0.6 is 0 Å². The third-order valence-electron chi connectivity index (χ3n) is 11.7. The van der Waals surface area contributed by atoms with E-state index in [1.54, 1.807) is 51.1 Å². The molecule has 0 spiro atoms.